The smallest absolute Gasteiger partial charge is 0.159 e. The molecule has 1 aliphatic rings. The summed E-state index contributed by atoms with van der Waals surface area (Å²) in [7, 11) is 0. The Labute approximate surface area is 381 Å². The van der Waals surface area contributed by atoms with Gasteiger partial charge >= 0.3 is 0 Å². The number of fused-ring (bicyclic) bond motifs is 9. The van der Waals surface area contributed by atoms with Crippen LogP contribution in [0.5, 0.6) is 5.75 Å². The minimum Gasteiger partial charge on any atom is -0.507 e. The van der Waals surface area contributed by atoms with Crippen LogP contribution in [0.3, 0.4) is 0 Å². The average Bonchev–Trinajstić information content (AvgIpc) is 4.05. The Bertz CT molecular complexity index is 3890. The van der Waals surface area contributed by atoms with Crippen molar-refractivity contribution < 1.29 is 13.9 Å². The number of hydrogen-bond acceptors (Lipinski definition) is 4. The molecule has 1 aliphatic carbocycles. The van der Waals surface area contributed by atoms with Gasteiger partial charge in [-0.1, -0.05) is 133 Å². The lowest BCUT2D eigenvalue weighted by Crippen LogP contribution is -2.10. The molecule has 9 aromatic carbocycles. The first kappa shape index (κ1) is 38.0. The third kappa shape index (κ3) is 5.94. The quantitative estimate of drug-likeness (QED) is 0.174. The Hall–Kier alpha value is -8.54. The Morgan fingerprint density at radius 3 is 2.11 bits per heavy atom. The van der Waals surface area contributed by atoms with Gasteiger partial charge in [0.15, 0.2) is 5.58 Å². The van der Waals surface area contributed by atoms with E-state index in [2.05, 4.69) is 192 Å². The summed E-state index contributed by atoms with van der Waals surface area (Å²) in [6.07, 6.45) is 5.59. The number of aromatic hydroxyl groups is 1. The molecule has 3 heterocycles. The van der Waals surface area contributed by atoms with Crippen LogP contribution >= 0.6 is 0 Å². The molecule has 0 saturated carbocycles. The zero-order valence-corrected chi connectivity index (χ0v) is 36.1. The van der Waals surface area contributed by atoms with E-state index in [1.807, 2.05) is 30.3 Å². The number of allylic oxidation sites excluding steroid dienone is 1. The van der Waals surface area contributed by atoms with Gasteiger partial charge in [0, 0.05) is 50.1 Å². The van der Waals surface area contributed by atoms with E-state index in [0.29, 0.717) is 0 Å². The molecule has 0 fully saturated rings. The van der Waals surface area contributed by atoms with Crippen molar-refractivity contribution in [3.63, 3.8) is 0 Å². The van der Waals surface area contributed by atoms with Crippen molar-refractivity contribution in [2.45, 2.75) is 19.3 Å². The second kappa shape index (κ2) is 15.0. The molecule has 1 unspecified atom stereocenters. The normalized spacial score (nSPS) is 13.6. The van der Waals surface area contributed by atoms with Crippen molar-refractivity contribution in [2.24, 2.45) is 0 Å². The molecule has 12 aromatic rings. The Balaban J connectivity index is 0.961. The lowest BCUT2D eigenvalue weighted by molar-refractivity contribution is 0.477. The third-order valence-corrected chi connectivity index (χ3v) is 13.7. The van der Waals surface area contributed by atoms with E-state index < -0.39 is 0 Å². The molecule has 1 N–H and O–H groups in total. The van der Waals surface area contributed by atoms with Crippen molar-refractivity contribution in [3.05, 3.63) is 229 Å². The number of hydrogen-bond donors (Lipinski definition) is 1. The van der Waals surface area contributed by atoms with E-state index in [1.165, 1.54) is 33.4 Å². The van der Waals surface area contributed by atoms with Crippen LogP contribution in [0.2, 0.25) is 0 Å². The van der Waals surface area contributed by atoms with Crippen LogP contribution in [0.4, 0.5) is 17.1 Å². The summed E-state index contributed by atoms with van der Waals surface area (Å²) in [6.45, 7) is 2.13. The average molecular weight is 851 g/mol. The molecule has 314 valence electrons. The molecule has 0 amide bonds. The van der Waals surface area contributed by atoms with E-state index in [9.17, 15) is 5.11 Å². The lowest BCUT2D eigenvalue weighted by atomic mass is 9.86. The minimum atomic E-state index is 0.176. The second-order valence-corrected chi connectivity index (χ2v) is 17.4. The van der Waals surface area contributed by atoms with Crippen molar-refractivity contribution in [2.75, 3.05) is 4.90 Å². The molecule has 5 nitrogen and oxygen atoms in total. The van der Waals surface area contributed by atoms with Crippen molar-refractivity contribution in [1.82, 2.24) is 4.57 Å². The van der Waals surface area contributed by atoms with Crippen molar-refractivity contribution in [1.29, 1.82) is 0 Å². The fourth-order valence-electron chi connectivity index (χ4n) is 10.6. The molecule has 0 radical (unpaired) electrons. The number of anilines is 3. The molecule has 66 heavy (non-hydrogen) atoms. The summed E-state index contributed by atoms with van der Waals surface area (Å²) in [5.74, 6) is 0.447. The summed E-state index contributed by atoms with van der Waals surface area (Å²) < 4.78 is 15.9. The Morgan fingerprint density at radius 1 is 0.545 bits per heavy atom. The van der Waals surface area contributed by atoms with Crippen LogP contribution in [0.15, 0.2) is 215 Å². The molecule has 0 bridgehead atoms. The highest BCUT2D eigenvalue weighted by atomic mass is 16.3. The number of aromatic nitrogens is 1. The number of para-hydroxylation sites is 5. The van der Waals surface area contributed by atoms with Gasteiger partial charge in [-0.15, -0.1) is 0 Å². The number of nitrogens with zero attached hydrogens (tertiary/aromatic N) is 2. The first-order chi connectivity index (χ1) is 32.6. The van der Waals surface area contributed by atoms with Crippen LogP contribution in [0, 0.1) is 6.92 Å². The van der Waals surface area contributed by atoms with Crippen molar-refractivity contribution >= 4 is 77.9 Å². The summed E-state index contributed by atoms with van der Waals surface area (Å²) in [5.41, 5.74) is 17.6. The second-order valence-electron chi connectivity index (χ2n) is 17.4. The first-order valence-corrected chi connectivity index (χ1v) is 22.6. The number of benzene rings is 9. The lowest BCUT2D eigenvalue weighted by Gasteiger charge is -2.26. The summed E-state index contributed by atoms with van der Waals surface area (Å²) >= 11 is 0. The van der Waals surface area contributed by atoms with Crippen LogP contribution in [0.25, 0.3) is 88.8 Å². The van der Waals surface area contributed by atoms with E-state index in [1.54, 1.807) is 6.07 Å². The number of rotatable bonds is 7. The molecule has 0 spiro atoms. The van der Waals surface area contributed by atoms with Crippen molar-refractivity contribution in [3.8, 4) is 33.7 Å². The van der Waals surface area contributed by atoms with Crippen LogP contribution in [0.1, 0.15) is 28.3 Å². The topological polar surface area (TPSA) is 54.7 Å². The molecular formula is C61H42N2O3. The minimum absolute atomic E-state index is 0.176. The maximum atomic E-state index is 10.8. The third-order valence-electron chi connectivity index (χ3n) is 13.7. The molecule has 1 atom stereocenters. The summed E-state index contributed by atoms with van der Waals surface area (Å²) in [6, 6.07) is 69.9. The largest absolute Gasteiger partial charge is 0.507 e. The standard InChI is InChI=1S/C61H42N2O3/c1-38-44(19-11-20-45(38)47-17-6-9-25-56(47)64)39-28-32-43(33-29-39)63(55-24-12-21-49-48-18-7-10-26-57(48)66-61(49)55)54-23-13-27-59-60(54)51-37-41(31-35-58(51)65-59)40-30-34-53-50(36-40)46-16-5-8-22-52(46)62(53)42-14-3-2-4-15-42/h2-35,37,40,64H,36H2,1H3. The van der Waals surface area contributed by atoms with Gasteiger partial charge in [-0.2, -0.15) is 0 Å². The van der Waals surface area contributed by atoms with E-state index in [0.717, 1.165) is 95.2 Å². The zero-order chi connectivity index (χ0) is 43.9. The van der Waals surface area contributed by atoms with Gasteiger partial charge in [-0.05, 0) is 126 Å². The monoisotopic (exact) mass is 850 g/mol. The van der Waals surface area contributed by atoms with E-state index in [-0.39, 0.29) is 11.7 Å². The number of furan rings is 2. The Kier molecular flexibility index (Phi) is 8.65. The Morgan fingerprint density at radius 2 is 1.23 bits per heavy atom. The maximum Gasteiger partial charge on any atom is 0.159 e. The molecule has 3 aromatic heterocycles. The van der Waals surface area contributed by atoms with Crippen LogP contribution in [-0.2, 0) is 6.42 Å². The number of phenols is 1. The molecule has 0 aliphatic heterocycles. The van der Waals surface area contributed by atoms with Gasteiger partial charge < -0.3 is 23.4 Å². The highest BCUT2D eigenvalue weighted by molar-refractivity contribution is 6.16. The highest BCUT2D eigenvalue weighted by Crippen LogP contribution is 2.48. The van der Waals surface area contributed by atoms with Crippen LogP contribution in [-0.4, -0.2) is 9.67 Å². The van der Waals surface area contributed by atoms with E-state index in [4.69, 9.17) is 8.83 Å². The van der Waals surface area contributed by atoms with Gasteiger partial charge in [-0.25, -0.2) is 0 Å². The fourth-order valence-corrected chi connectivity index (χ4v) is 10.6. The van der Waals surface area contributed by atoms with Gasteiger partial charge in [0.2, 0.25) is 0 Å². The summed E-state index contributed by atoms with van der Waals surface area (Å²) in [5, 5.41) is 16.3. The van der Waals surface area contributed by atoms with Crippen LogP contribution < -0.4 is 4.90 Å². The van der Waals surface area contributed by atoms with Gasteiger partial charge in [0.25, 0.3) is 0 Å². The zero-order valence-electron chi connectivity index (χ0n) is 36.1. The molecular weight excluding hydrogens is 809 g/mol. The molecule has 0 saturated heterocycles. The number of phenolic OH excluding ortho intramolecular Hbond substituents is 1. The fraction of sp³-hybridized carbons (Fsp3) is 0.0492. The first-order valence-electron chi connectivity index (χ1n) is 22.6. The molecule has 5 heteroatoms. The SMILES string of the molecule is Cc1c(-c2ccc(N(c3cccc4c3oc3ccccc34)c3cccc4oc5ccc(C6C=Cc7c(c8ccccc8n7-c7ccccc7)C6)cc5c34)cc2)cccc1-c1ccccc1O. The maximum absolute atomic E-state index is 10.8. The highest BCUT2D eigenvalue weighted by Gasteiger charge is 2.27. The molecule has 13 rings (SSSR count). The summed E-state index contributed by atoms with van der Waals surface area (Å²) in [4.78, 5) is 2.33. The predicted octanol–water partition coefficient (Wildman–Crippen LogP) is 16.6. The van der Waals surface area contributed by atoms with Gasteiger partial charge in [0.05, 0.1) is 22.3 Å². The van der Waals surface area contributed by atoms with Gasteiger partial charge in [0.1, 0.15) is 22.5 Å². The van der Waals surface area contributed by atoms with Gasteiger partial charge in [-0.3, -0.25) is 0 Å². The van der Waals surface area contributed by atoms with E-state index >= 15 is 0 Å². The predicted molar refractivity (Wildman–Crippen MR) is 272 cm³/mol.